The van der Waals surface area contributed by atoms with Gasteiger partial charge in [0.25, 0.3) is 0 Å². The largest absolute Gasteiger partial charge is 0.426 e. The van der Waals surface area contributed by atoms with Crippen LogP contribution < -0.4 is 19.3 Å². The van der Waals surface area contributed by atoms with E-state index in [-0.39, 0.29) is 30.6 Å². The maximum Gasteiger partial charge on any atom is 0.308 e. The average molecular weight is 653 g/mol. The topological polar surface area (TPSA) is 93.2 Å². The second kappa shape index (κ2) is 12.3. The standard InChI is InChI=1S/C38H37ClN2O6/c1-23(42)46-33-17-31-27(26-9-3-4-10-28(26)33)13-16-40(31)35(44)19-38(14-7-8-15-38)20-36(45)41-22-25(21-39)37-30-12-6-5-11-29(30)34(18-32(37)41)47-24(2)43/h3-6,9-12,17-18,25H,7-8,13-16,19-22H2,1-2H3/t25-/m1/s1. The van der Waals surface area contributed by atoms with Gasteiger partial charge >= 0.3 is 11.9 Å². The van der Waals surface area contributed by atoms with Crippen LogP contribution >= 0.6 is 11.6 Å². The maximum atomic E-state index is 14.3. The van der Waals surface area contributed by atoms with Crippen LogP contribution in [-0.2, 0) is 25.6 Å². The third-order valence-electron chi connectivity index (χ3n) is 10.1. The molecule has 2 amide bonds. The van der Waals surface area contributed by atoms with Crippen molar-refractivity contribution >= 4 is 68.3 Å². The predicted octanol–water partition coefficient (Wildman–Crippen LogP) is 7.44. The Balaban J connectivity index is 1.18. The summed E-state index contributed by atoms with van der Waals surface area (Å²) < 4.78 is 11.2. The van der Waals surface area contributed by atoms with E-state index in [4.69, 9.17) is 21.1 Å². The van der Waals surface area contributed by atoms with Gasteiger partial charge in [0, 0.05) is 74.5 Å². The molecule has 4 aromatic carbocycles. The summed E-state index contributed by atoms with van der Waals surface area (Å²) >= 11 is 6.48. The molecule has 2 aliphatic heterocycles. The van der Waals surface area contributed by atoms with Crippen LogP contribution in [0.2, 0.25) is 0 Å². The SMILES string of the molecule is CC(=O)Oc1cc2c(c3ccccc13)CCN2C(=O)CC1(CC(=O)N2C[C@@H](CCl)c3c2cc(OC(C)=O)c2ccccc32)CCCC1. The molecule has 8 nitrogen and oxygen atoms in total. The Morgan fingerprint density at radius 1 is 0.766 bits per heavy atom. The summed E-state index contributed by atoms with van der Waals surface area (Å²) in [5, 5.41) is 3.55. The molecule has 4 aromatic rings. The van der Waals surface area contributed by atoms with Gasteiger partial charge in [-0.2, -0.15) is 0 Å². The van der Waals surface area contributed by atoms with Crippen molar-refractivity contribution in [1.82, 2.24) is 0 Å². The zero-order valence-electron chi connectivity index (χ0n) is 26.6. The third kappa shape index (κ3) is 5.63. The normalized spacial score (nSPS) is 18.0. The summed E-state index contributed by atoms with van der Waals surface area (Å²) in [5.41, 5.74) is 3.07. The van der Waals surface area contributed by atoms with Gasteiger partial charge in [-0.1, -0.05) is 61.4 Å². The fourth-order valence-corrected chi connectivity index (χ4v) is 8.37. The van der Waals surface area contributed by atoms with Crippen LogP contribution in [0.15, 0.2) is 60.7 Å². The molecule has 0 N–H and O–H groups in total. The summed E-state index contributed by atoms with van der Waals surface area (Å²) in [6.07, 6.45) is 4.69. The van der Waals surface area contributed by atoms with Crippen molar-refractivity contribution in [3.63, 3.8) is 0 Å². The second-order valence-electron chi connectivity index (χ2n) is 13.2. The molecule has 242 valence electrons. The Kier molecular flexibility index (Phi) is 8.16. The lowest BCUT2D eigenvalue weighted by molar-refractivity contribution is -0.132. The van der Waals surface area contributed by atoms with Crippen LogP contribution in [0.4, 0.5) is 11.4 Å². The van der Waals surface area contributed by atoms with Gasteiger partial charge in [-0.3, -0.25) is 19.2 Å². The number of nitrogens with zero attached hydrogens (tertiary/aromatic N) is 2. The highest BCUT2D eigenvalue weighted by molar-refractivity contribution is 6.19. The first kappa shape index (κ1) is 31.2. The zero-order chi connectivity index (χ0) is 32.9. The molecule has 0 aromatic heterocycles. The quantitative estimate of drug-likeness (QED) is 0.117. The first-order valence-corrected chi connectivity index (χ1v) is 16.9. The molecule has 0 saturated heterocycles. The van der Waals surface area contributed by atoms with E-state index >= 15 is 0 Å². The minimum Gasteiger partial charge on any atom is -0.426 e. The average Bonchev–Trinajstić information content (AvgIpc) is 3.78. The summed E-state index contributed by atoms with van der Waals surface area (Å²) in [5.74, 6) is 0.208. The lowest BCUT2D eigenvalue weighted by atomic mass is 9.78. The molecule has 1 atom stereocenters. The summed E-state index contributed by atoms with van der Waals surface area (Å²) in [6.45, 7) is 3.71. The molecule has 0 radical (unpaired) electrons. The Morgan fingerprint density at radius 2 is 1.30 bits per heavy atom. The molecule has 0 unspecified atom stereocenters. The van der Waals surface area contributed by atoms with Gasteiger partial charge in [0.05, 0.1) is 11.4 Å². The Labute approximate surface area is 278 Å². The highest BCUT2D eigenvalue weighted by atomic mass is 35.5. The smallest absolute Gasteiger partial charge is 0.308 e. The Hall–Kier alpha value is -4.43. The molecule has 0 spiro atoms. The number of rotatable bonds is 7. The number of carbonyl (C=O) groups is 4. The van der Waals surface area contributed by atoms with E-state index in [1.165, 1.54) is 13.8 Å². The van der Waals surface area contributed by atoms with E-state index in [0.29, 0.717) is 42.6 Å². The summed E-state index contributed by atoms with van der Waals surface area (Å²) in [4.78, 5) is 56.0. The number of alkyl halides is 1. The van der Waals surface area contributed by atoms with Gasteiger partial charge in [0.1, 0.15) is 11.5 Å². The van der Waals surface area contributed by atoms with Gasteiger partial charge in [-0.15, -0.1) is 11.6 Å². The summed E-state index contributed by atoms with van der Waals surface area (Å²) in [6, 6.07) is 19.1. The minimum absolute atomic E-state index is 0.0221. The van der Waals surface area contributed by atoms with Crippen molar-refractivity contribution in [2.24, 2.45) is 5.41 Å². The Morgan fingerprint density at radius 3 is 1.89 bits per heavy atom. The van der Waals surface area contributed by atoms with E-state index in [1.807, 2.05) is 59.5 Å². The van der Waals surface area contributed by atoms with Gasteiger partial charge in [-0.25, -0.2) is 0 Å². The maximum absolute atomic E-state index is 14.3. The predicted molar refractivity (Wildman–Crippen MR) is 183 cm³/mol. The first-order valence-electron chi connectivity index (χ1n) is 16.3. The van der Waals surface area contributed by atoms with Crippen molar-refractivity contribution in [3.8, 4) is 11.5 Å². The van der Waals surface area contributed by atoms with Crippen molar-refractivity contribution in [3.05, 3.63) is 71.8 Å². The van der Waals surface area contributed by atoms with Crippen molar-refractivity contribution in [2.75, 3.05) is 28.8 Å². The molecule has 1 aliphatic carbocycles. The number of benzene rings is 4. The van der Waals surface area contributed by atoms with Gasteiger partial charge in [0.15, 0.2) is 0 Å². The fourth-order valence-electron chi connectivity index (χ4n) is 8.12. The van der Waals surface area contributed by atoms with E-state index < -0.39 is 17.4 Å². The fraction of sp³-hybridized carbons (Fsp3) is 0.368. The molecule has 3 aliphatic rings. The van der Waals surface area contributed by atoms with Crippen LogP contribution in [0.1, 0.15) is 69.4 Å². The molecular weight excluding hydrogens is 616 g/mol. The number of esters is 2. The number of ether oxygens (including phenoxy) is 2. The number of amides is 2. The molecule has 2 heterocycles. The summed E-state index contributed by atoms with van der Waals surface area (Å²) in [7, 11) is 0. The third-order valence-corrected chi connectivity index (χ3v) is 10.5. The molecule has 47 heavy (non-hydrogen) atoms. The molecular formula is C38H37ClN2O6. The number of hydrogen-bond donors (Lipinski definition) is 0. The van der Waals surface area contributed by atoms with Crippen molar-refractivity contribution in [1.29, 1.82) is 0 Å². The van der Waals surface area contributed by atoms with Gasteiger partial charge < -0.3 is 19.3 Å². The number of halogens is 1. The van der Waals surface area contributed by atoms with Crippen molar-refractivity contribution in [2.45, 2.75) is 64.7 Å². The van der Waals surface area contributed by atoms with E-state index in [9.17, 15) is 19.2 Å². The highest BCUT2D eigenvalue weighted by Crippen LogP contribution is 2.50. The monoisotopic (exact) mass is 652 g/mol. The lowest BCUT2D eigenvalue weighted by Crippen LogP contribution is -2.38. The highest BCUT2D eigenvalue weighted by Gasteiger charge is 2.43. The van der Waals surface area contributed by atoms with E-state index in [2.05, 4.69) is 0 Å². The number of fused-ring (bicyclic) bond motifs is 6. The van der Waals surface area contributed by atoms with Crippen LogP contribution in [-0.4, -0.2) is 42.7 Å². The molecule has 0 bridgehead atoms. The lowest BCUT2D eigenvalue weighted by Gasteiger charge is -2.32. The number of carbonyl (C=O) groups excluding carboxylic acids is 4. The minimum atomic E-state index is -0.471. The Bertz CT molecular complexity index is 1950. The van der Waals surface area contributed by atoms with Gasteiger partial charge in [-0.05, 0) is 46.6 Å². The zero-order valence-corrected chi connectivity index (χ0v) is 27.4. The second-order valence-corrected chi connectivity index (χ2v) is 13.5. The number of hydrogen-bond acceptors (Lipinski definition) is 6. The molecule has 1 saturated carbocycles. The molecule has 9 heteroatoms. The van der Waals surface area contributed by atoms with Gasteiger partial charge in [0.2, 0.25) is 11.8 Å². The molecule has 7 rings (SSSR count). The van der Waals surface area contributed by atoms with E-state index in [0.717, 1.165) is 64.0 Å². The van der Waals surface area contributed by atoms with Crippen LogP contribution in [0.5, 0.6) is 11.5 Å². The molecule has 1 fully saturated rings. The number of anilines is 2. The van der Waals surface area contributed by atoms with Crippen LogP contribution in [0.3, 0.4) is 0 Å². The van der Waals surface area contributed by atoms with E-state index in [1.54, 1.807) is 11.0 Å². The first-order chi connectivity index (χ1) is 22.7. The van der Waals surface area contributed by atoms with Crippen molar-refractivity contribution < 1.29 is 28.7 Å². The van der Waals surface area contributed by atoms with Crippen LogP contribution in [0.25, 0.3) is 21.5 Å². The van der Waals surface area contributed by atoms with Crippen LogP contribution in [0, 0.1) is 5.41 Å².